The van der Waals surface area contributed by atoms with Gasteiger partial charge in [-0.25, -0.2) is 0 Å². The number of carbonyl (C=O) groups is 2. The van der Waals surface area contributed by atoms with Crippen LogP contribution in [0.15, 0.2) is 73.1 Å². The van der Waals surface area contributed by atoms with Gasteiger partial charge in [0.1, 0.15) is 0 Å². The van der Waals surface area contributed by atoms with E-state index in [-0.39, 0.29) is 11.8 Å². The number of piperidine rings is 1. The van der Waals surface area contributed by atoms with Gasteiger partial charge in [-0.05, 0) is 61.9 Å². The van der Waals surface area contributed by atoms with Crippen molar-refractivity contribution in [2.45, 2.75) is 33.1 Å². The van der Waals surface area contributed by atoms with Crippen molar-refractivity contribution in [3.05, 3.63) is 89.7 Å². The van der Waals surface area contributed by atoms with Gasteiger partial charge in [0.15, 0.2) is 0 Å². The fraction of sp³-hybridized carbons (Fsp3) is 0.321. The van der Waals surface area contributed by atoms with Crippen molar-refractivity contribution >= 4 is 11.8 Å². The molecule has 5 nitrogen and oxygen atoms in total. The van der Waals surface area contributed by atoms with Crippen molar-refractivity contribution in [3.8, 4) is 11.1 Å². The summed E-state index contributed by atoms with van der Waals surface area (Å²) in [7, 11) is 0. The lowest BCUT2D eigenvalue weighted by molar-refractivity contribution is -0.133. The quantitative estimate of drug-likeness (QED) is 0.605. The van der Waals surface area contributed by atoms with Crippen LogP contribution < -0.4 is 5.32 Å². The molecule has 0 saturated carbocycles. The number of nitrogens with one attached hydrogen (secondary N) is 1. The van der Waals surface area contributed by atoms with Crippen LogP contribution in [-0.2, 0) is 11.2 Å². The second kappa shape index (κ2) is 9.99. The Hall–Kier alpha value is -3.47. The predicted molar refractivity (Wildman–Crippen MR) is 131 cm³/mol. The zero-order chi connectivity index (χ0) is 23.3. The number of benzene rings is 2. The van der Waals surface area contributed by atoms with Gasteiger partial charge in [0.05, 0.1) is 11.0 Å². The molecule has 1 N–H and O–H groups in total. The van der Waals surface area contributed by atoms with Gasteiger partial charge in [-0.15, -0.1) is 0 Å². The van der Waals surface area contributed by atoms with E-state index in [1.807, 2.05) is 24.0 Å². The maximum atomic E-state index is 13.5. The molecule has 1 atom stereocenters. The summed E-state index contributed by atoms with van der Waals surface area (Å²) in [6, 6.07) is 20.3. The number of carbonyl (C=O) groups excluding carboxylic acids is 2. The summed E-state index contributed by atoms with van der Waals surface area (Å²) in [6.07, 6.45) is 5.37. The molecule has 1 aliphatic heterocycles. The molecule has 5 heteroatoms. The zero-order valence-electron chi connectivity index (χ0n) is 19.4. The van der Waals surface area contributed by atoms with Gasteiger partial charge in [-0.2, -0.15) is 0 Å². The van der Waals surface area contributed by atoms with Crippen molar-refractivity contribution < 1.29 is 9.59 Å². The van der Waals surface area contributed by atoms with Crippen molar-refractivity contribution in [3.63, 3.8) is 0 Å². The Bertz CT molecular complexity index is 1110. The first-order chi connectivity index (χ1) is 16.0. The highest BCUT2D eigenvalue weighted by atomic mass is 16.2. The number of hydrogen-bond donors (Lipinski definition) is 1. The monoisotopic (exact) mass is 441 g/mol. The minimum absolute atomic E-state index is 0.0207. The highest BCUT2D eigenvalue weighted by Gasteiger charge is 2.43. The summed E-state index contributed by atoms with van der Waals surface area (Å²) in [4.78, 5) is 32.6. The fourth-order valence-electron chi connectivity index (χ4n) is 4.79. The van der Waals surface area contributed by atoms with Crippen molar-refractivity contribution in [1.29, 1.82) is 0 Å². The van der Waals surface area contributed by atoms with E-state index in [2.05, 4.69) is 53.6 Å². The molecule has 0 radical (unpaired) electrons. The van der Waals surface area contributed by atoms with Crippen LogP contribution in [0, 0.1) is 12.3 Å². The lowest BCUT2D eigenvalue weighted by atomic mass is 9.73. The Morgan fingerprint density at radius 2 is 1.85 bits per heavy atom. The van der Waals surface area contributed by atoms with E-state index in [1.54, 1.807) is 24.5 Å². The van der Waals surface area contributed by atoms with Crippen LogP contribution in [0.4, 0.5) is 0 Å². The number of pyridine rings is 1. The molecule has 2 aromatic carbocycles. The number of aromatic nitrogens is 1. The highest BCUT2D eigenvalue weighted by molar-refractivity contribution is 5.94. The molecule has 33 heavy (non-hydrogen) atoms. The topological polar surface area (TPSA) is 62.3 Å². The summed E-state index contributed by atoms with van der Waals surface area (Å²) in [5.74, 6) is -0.0457. The van der Waals surface area contributed by atoms with Gasteiger partial charge in [0, 0.05) is 32.0 Å². The van der Waals surface area contributed by atoms with Crippen LogP contribution in [0.5, 0.6) is 0 Å². The molecule has 170 valence electrons. The van der Waals surface area contributed by atoms with Gasteiger partial charge in [-0.3, -0.25) is 14.6 Å². The summed E-state index contributed by atoms with van der Waals surface area (Å²) < 4.78 is 0. The van der Waals surface area contributed by atoms with Crippen LogP contribution in [0.2, 0.25) is 0 Å². The van der Waals surface area contributed by atoms with E-state index in [9.17, 15) is 9.59 Å². The second-order valence-corrected chi connectivity index (χ2v) is 8.91. The van der Waals surface area contributed by atoms with Crippen LogP contribution in [0.1, 0.15) is 41.3 Å². The standard InChI is InChI=1S/C28H31N3O2/c1-3-30-27(33)28(15-7-17-31(20-28)26(32)24-9-6-16-29-19-24)18-23-8-4-5-10-25(23)22-13-11-21(2)12-14-22/h4-6,8-14,16,19H,3,7,15,17-18,20H2,1-2H3,(H,30,33)/t28-/m1/s1. The second-order valence-electron chi connectivity index (χ2n) is 8.91. The number of amides is 2. The van der Waals surface area contributed by atoms with Gasteiger partial charge in [-0.1, -0.05) is 54.1 Å². The normalized spacial score (nSPS) is 18.1. The maximum absolute atomic E-state index is 13.5. The predicted octanol–water partition coefficient (Wildman–Crippen LogP) is 4.66. The minimum Gasteiger partial charge on any atom is -0.356 e. The molecule has 0 aliphatic carbocycles. The van der Waals surface area contributed by atoms with Crippen molar-refractivity contribution in [2.24, 2.45) is 5.41 Å². The number of hydrogen-bond acceptors (Lipinski definition) is 3. The zero-order valence-corrected chi connectivity index (χ0v) is 19.4. The molecule has 2 amide bonds. The molecular weight excluding hydrogens is 410 g/mol. The maximum Gasteiger partial charge on any atom is 0.255 e. The lowest BCUT2D eigenvalue weighted by Crippen LogP contribution is -2.54. The van der Waals surface area contributed by atoms with Gasteiger partial charge in [0.25, 0.3) is 5.91 Å². The first-order valence-electron chi connectivity index (χ1n) is 11.6. The van der Waals surface area contributed by atoms with Gasteiger partial charge in [0.2, 0.25) is 5.91 Å². The number of rotatable bonds is 6. The van der Waals surface area contributed by atoms with E-state index in [1.165, 1.54) is 5.56 Å². The molecule has 4 rings (SSSR count). The van der Waals surface area contributed by atoms with Crippen LogP contribution in [-0.4, -0.2) is 41.3 Å². The van der Waals surface area contributed by atoms with E-state index >= 15 is 0 Å². The Morgan fingerprint density at radius 1 is 1.06 bits per heavy atom. The first kappa shape index (κ1) is 22.7. The summed E-state index contributed by atoms with van der Waals surface area (Å²) >= 11 is 0. The van der Waals surface area contributed by atoms with Crippen LogP contribution in [0.3, 0.4) is 0 Å². The van der Waals surface area contributed by atoms with Crippen molar-refractivity contribution in [1.82, 2.24) is 15.2 Å². The average Bonchev–Trinajstić information content (AvgIpc) is 2.85. The first-order valence-corrected chi connectivity index (χ1v) is 11.6. The Labute approximate surface area is 195 Å². The molecule has 1 fully saturated rings. The van der Waals surface area contributed by atoms with Gasteiger partial charge >= 0.3 is 0 Å². The molecule has 0 unspecified atom stereocenters. The lowest BCUT2D eigenvalue weighted by Gasteiger charge is -2.42. The Kier molecular flexibility index (Phi) is 6.87. The molecular formula is C28H31N3O2. The molecule has 0 spiro atoms. The van der Waals surface area contributed by atoms with Crippen LogP contribution in [0.25, 0.3) is 11.1 Å². The fourth-order valence-corrected chi connectivity index (χ4v) is 4.79. The molecule has 2 heterocycles. The summed E-state index contributed by atoms with van der Waals surface area (Å²) in [6.45, 7) is 5.63. The third-order valence-corrected chi connectivity index (χ3v) is 6.50. The molecule has 1 aromatic heterocycles. The molecule has 0 bridgehead atoms. The largest absolute Gasteiger partial charge is 0.356 e. The molecule has 1 aliphatic rings. The number of likely N-dealkylation sites (tertiary alicyclic amines) is 1. The van der Waals surface area contributed by atoms with Crippen molar-refractivity contribution in [2.75, 3.05) is 19.6 Å². The summed E-state index contributed by atoms with van der Waals surface area (Å²) in [5.41, 5.74) is 4.50. The van der Waals surface area contributed by atoms with E-state index in [0.29, 0.717) is 31.6 Å². The summed E-state index contributed by atoms with van der Waals surface area (Å²) in [5, 5.41) is 3.05. The number of aryl methyl sites for hydroxylation is 1. The van der Waals surface area contributed by atoms with E-state index in [0.717, 1.165) is 29.5 Å². The Balaban J connectivity index is 1.68. The van der Waals surface area contributed by atoms with E-state index in [4.69, 9.17) is 0 Å². The van der Waals surface area contributed by atoms with E-state index < -0.39 is 5.41 Å². The van der Waals surface area contributed by atoms with Crippen LogP contribution >= 0.6 is 0 Å². The smallest absolute Gasteiger partial charge is 0.255 e. The molecule has 3 aromatic rings. The third-order valence-electron chi connectivity index (χ3n) is 6.50. The SMILES string of the molecule is CCNC(=O)[C@@]1(Cc2ccccc2-c2ccc(C)cc2)CCCN(C(=O)c2cccnc2)C1. The third kappa shape index (κ3) is 4.98. The average molecular weight is 442 g/mol. The molecule has 1 saturated heterocycles. The van der Waals surface area contributed by atoms with Gasteiger partial charge < -0.3 is 10.2 Å². The minimum atomic E-state index is -0.674. The Morgan fingerprint density at radius 3 is 2.58 bits per heavy atom. The number of nitrogens with zero attached hydrogens (tertiary/aromatic N) is 2. The highest BCUT2D eigenvalue weighted by Crippen LogP contribution is 2.37.